The Morgan fingerprint density at radius 3 is 1.86 bits per heavy atom. The van der Waals surface area contributed by atoms with Crippen molar-refractivity contribution in [1.82, 2.24) is 19.4 Å². The quantitative estimate of drug-likeness (QED) is 0.391. The molecule has 4 aromatic rings. The molecule has 3 aromatic carbocycles. The minimum atomic E-state index is -0.0377. The lowest BCUT2D eigenvalue weighted by atomic mass is 10.1. The zero-order valence-electron chi connectivity index (χ0n) is 19.7. The van der Waals surface area contributed by atoms with Crippen molar-refractivity contribution >= 4 is 24.0 Å². The number of carbonyl (C=O) groups excluding carboxylic acids is 2. The Bertz CT molecular complexity index is 1390. The molecule has 7 nitrogen and oxygen atoms in total. The number of H-pyrrole nitrogens is 1. The summed E-state index contributed by atoms with van der Waals surface area (Å²) >= 11 is 5.25. The van der Waals surface area contributed by atoms with Gasteiger partial charge in [-0.05, 0) is 66.3 Å². The van der Waals surface area contributed by atoms with Crippen molar-refractivity contribution in [3.05, 3.63) is 113 Å². The lowest BCUT2D eigenvalue weighted by Gasteiger charge is -2.35. The van der Waals surface area contributed by atoms with E-state index in [4.69, 9.17) is 17.0 Å². The molecule has 1 N–H and O–H groups in total. The number of hydrogen-bond acceptors (Lipinski definition) is 4. The summed E-state index contributed by atoms with van der Waals surface area (Å²) in [5, 5.41) is 0. The largest absolute Gasteiger partial charge is 0.489 e. The van der Waals surface area contributed by atoms with Crippen molar-refractivity contribution in [2.45, 2.75) is 6.61 Å². The first-order valence-corrected chi connectivity index (χ1v) is 12.2. The second-order valence-electron chi connectivity index (χ2n) is 8.57. The molecular weight excluding hydrogens is 472 g/mol. The molecule has 5 rings (SSSR count). The van der Waals surface area contributed by atoms with E-state index in [9.17, 15) is 9.59 Å². The average molecular weight is 499 g/mol. The zero-order chi connectivity index (χ0) is 24.9. The van der Waals surface area contributed by atoms with Gasteiger partial charge < -0.3 is 19.5 Å². The molecule has 0 aliphatic carbocycles. The molecule has 182 valence electrons. The minimum absolute atomic E-state index is 0.0359. The predicted molar refractivity (Wildman–Crippen MR) is 140 cm³/mol. The molecule has 1 aliphatic rings. The Morgan fingerprint density at radius 1 is 0.778 bits per heavy atom. The van der Waals surface area contributed by atoms with Gasteiger partial charge in [0.05, 0.1) is 0 Å². The van der Waals surface area contributed by atoms with E-state index in [1.807, 2.05) is 77.5 Å². The Hall–Kier alpha value is -4.17. The summed E-state index contributed by atoms with van der Waals surface area (Å²) in [7, 11) is 0. The Labute approximate surface area is 214 Å². The van der Waals surface area contributed by atoms with Crippen LogP contribution in [0.25, 0.3) is 5.69 Å². The summed E-state index contributed by atoms with van der Waals surface area (Å²) in [5.74, 6) is 0.645. The lowest BCUT2D eigenvalue weighted by Crippen LogP contribution is -2.50. The van der Waals surface area contributed by atoms with Crippen LogP contribution in [0.4, 0.5) is 0 Å². The molecule has 2 amide bonds. The molecule has 0 spiro atoms. The number of amides is 2. The number of piperazine rings is 1. The van der Waals surface area contributed by atoms with E-state index in [0.717, 1.165) is 17.0 Å². The third kappa shape index (κ3) is 5.23. The molecule has 8 heteroatoms. The molecule has 1 fully saturated rings. The van der Waals surface area contributed by atoms with Crippen LogP contribution in [-0.4, -0.2) is 57.3 Å². The first kappa shape index (κ1) is 23.6. The summed E-state index contributed by atoms with van der Waals surface area (Å²) in [5.41, 5.74) is 3.21. The Kier molecular flexibility index (Phi) is 6.95. The number of carbonyl (C=O) groups is 2. The zero-order valence-corrected chi connectivity index (χ0v) is 20.5. The van der Waals surface area contributed by atoms with Crippen LogP contribution in [0.1, 0.15) is 26.3 Å². The van der Waals surface area contributed by atoms with Crippen molar-refractivity contribution in [3.63, 3.8) is 0 Å². The maximum absolute atomic E-state index is 13.0. The van der Waals surface area contributed by atoms with E-state index in [0.29, 0.717) is 48.7 Å². The van der Waals surface area contributed by atoms with Gasteiger partial charge >= 0.3 is 0 Å². The van der Waals surface area contributed by atoms with Gasteiger partial charge in [-0.2, -0.15) is 0 Å². The van der Waals surface area contributed by atoms with Crippen LogP contribution < -0.4 is 4.74 Å². The second kappa shape index (κ2) is 10.6. The van der Waals surface area contributed by atoms with E-state index in [1.54, 1.807) is 28.1 Å². The standard InChI is InChI=1S/C28H26N4O3S/c33-26(22-6-10-24(11-7-22)32-15-14-29-28(32)36)30-16-18-31(19-17-30)27(34)23-8-12-25(13-9-23)35-20-21-4-2-1-3-5-21/h1-15H,16-20H2,(H,29,36). The van der Waals surface area contributed by atoms with Crippen LogP contribution in [0.3, 0.4) is 0 Å². The van der Waals surface area contributed by atoms with Crippen LogP contribution in [-0.2, 0) is 6.61 Å². The highest BCUT2D eigenvalue weighted by molar-refractivity contribution is 7.71. The summed E-state index contributed by atoms with van der Waals surface area (Å²) in [4.78, 5) is 32.5. The number of ether oxygens (including phenoxy) is 1. The summed E-state index contributed by atoms with van der Waals surface area (Å²) in [6, 6.07) is 24.5. The number of aromatic amines is 1. The monoisotopic (exact) mass is 498 g/mol. The molecule has 0 bridgehead atoms. The summed E-state index contributed by atoms with van der Waals surface area (Å²) < 4.78 is 8.26. The van der Waals surface area contributed by atoms with Crippen molar-refractivity contribution < 1.29 is 14.3 Å². The number of rotatable bonds is 6. The van der Waals surface area contributed by atoms with Gasteiger partial charge in [0.2, 0.25) is 0 Å². The van der Waals surface area contributed by atoms with Crippen LogP contribution in [0, 0.1) is 4.77 Å². The van der Waals surface area contributed by atoms with Gasteiger partial charge in [0.15, 0.2) is 4.77 Å². The van der Waals surface area contributed by atoms with E-state index in [-0.39, 0.29) is 11.8 Å². The van der Waals surface area contributed by atoms with Gasteiger partial charge in [0, 0.05) is 55.4 Å². The molecule has 2 heterocycles. The SMILES string of the molecule is O=C(c1ccc(OCc2ccccc2)cc1)N1CCN(C(=O)c2ccc(-n3cc[nH]c3=S)cc2)CC1. The molecule has 0 atom stereocenters. The summed E-state index contributed by atoms with van der Waals surface area (Å²) in [6.45, 7) is 2.45. The van der Waals surface area contributed by atoms with Crippen molar-refractivity contribution in [3.8, 4) is 11.4 Å². The van der Waals surface area contributed by atoms with Gasteiger partial charge in [-0.3, -0.25) is 14.2 Å². The van der Waals surface area contributed by atoms with Crippen molar-refractivity contribution in [1.29, 1.82) is 0 Å². The number of benzene rings is 3. The van der Waals surface area contributed by atoms with Crippen LogP contribution in [0.5, 0.6) is 5.75 Å². The molecule has 1 saturated heterocycles. The number of hydrogen-bond donors (Lipinski definition) is 1. The summed E-state index contributed by atoms with van der Waals surface area (Å²) in [6.07, 6.45) is 3.62. The first-order chi connectivity index (χ1) is 17.6. The minimum Gasteiger partial charge on any atom is -0.489 e. The Morgan fingerprint density at radius 2 is 1.33 bits per heavy atom. The fraction of sp³-hybridized carbons (Fsp3) is 0.179. The normalized spacial score (nSPS) is 13.4. The highest BCUT2D eigenvalue weighted by Crippen LogP contribution is 2.18. The maximum Gasteiger partial charge on any atom is 0.253 e. The molecule has 0 unspecified atom stereocenters. The highest BCUT2D eigenvalue weighted by Gasteiger charge is 2.25. The van der Waals surface area contributed by atoms with Crippen molar-refractivity contribution in [2.75, 3.05) is 26.2 Å². The van der Waals surface area contributed by atoms with E-state index in [1.165, 1.54) is 0 Å². The molecule has 0 radical (unpaired) electrons. The number of nitrogens with zero attached hydrogens (tertiary/aromatic N) is 3. The third-order valence-corrected chi connectivity index (χ3v) is 6.56. The van der Waals surface area contributed by atoms with Crippen LogP contribution in [0.2, 0.25) is 0 Å². The van der Waals surface area contributed by atoms with E-state index in [2.05, 4.69) is 4.98 Å². The first-order valence-electron chi connectivity index (χ1n) is 11.8. The fourth-order valence-corrected chi connectivity index (χ4v) is 4.43. The van der Waals surface area contributed by atoms with E-state index >= 15 is 0 Å². The lowest BCUT2D eigenvalue weighted by molar-refractivity contribution is 0.0535. The van der Waals surface area contributed by atoms with Gasteiger partial charge in [-0.1, -0.05) is 30.3 Å². The van der Waals surface area contributed by atoms with Crippen molar-refractivity contribution in [2.24, 2.45) is 0 Å². The fourth-order valence-electron chi connectivity index (χ4n) is 4.20. The van der Waals surface area contributed by atoms with Gasteiger partial charge in [-0.15, -0.1) is 0 Å². The van der Waals surface area contributed by atoms with Gasteiger partial charge in [-0.25, -0.2) is 0 Å². The van der Waals surface area contributed by atoms with Gasteiger partial charge in [0.25, 0.3) is 11.8 Å². The molecular formula is C28H26N4O3S. The molecule has 1 aliphatic heterocycles. The van der Waals surface area contributed by atoms with Crippen LogP contribution in [0.15, 0.2) is 91.3 Å². The number of aromatic nitrogens is 2. The number of imidazole rings is 1. The topological polar surface area (TPSA) is 70.6 Å². The maximum atomic E-state index is 13.0. The van der Waals surface area contributed by atoms with E-state index < -0.39 is 0 Å². The van der Waals surface area contributed by atoms with Crippen LogP contribution >= 0.6 is 12.2 Å². The number of nitrogens with one attached hydrogen (secondary N) is 1. The molecule has 36 heavy (non-hydrogen) atoms. The highest BCUT2D eigenvalue weighted by atomic mass is 32.1. The molecule has 0 saturated carbocycles. The Balaban J connectivity index is 1.14. The third-order valence-electron chi connectivity index (χ3n) is 6.25. The average Bonchev–Trinajstić information content (AvgIpc) is 3.38. The smallest absolute Gasteiger partial charge is 0.253 e. The second-order valence-corrected chi connectivity index (χ2v) is 8.95. The molecule has 1 aromatic heterocycles. The van der Waals surface area contributed by atoms with Gasteiger partial charge in [0.1, 0.15) is 12.4 Å². The predicted octanol–water partition coefficient (Wildman–Crippen LogP) is 4.71.